The van der Waals surface area contributed by atoms with E-state index in [-0.39, 0.29) is 23.5 Å². The van der Waals surface area contributed by atoms with Gasteiger partial charge in [0, 0.05) is 10.0 Å². The Balaban J connectivity index is 2.25. The number of benzene rings is 2. The topological polar surface area (TPSA) is 83.8 Å². The molecule has 0 aliphatic rings. The predicted molar refractivity (Wildman–Crippen MR) is 96.4 cm³/mol. The van der Waals surface area contributed by atoms with Gasteiger partial charge in [0.2, 0.25) is 0 Å². The highest BCUT2D eigenvalue weighted by molar-refractivity contribution is 9.10. The highest BCUT2D eigenvalue weighted by atomic mass is 79.9. The van der Waals surface area contributed by atoms with Crippen LogP contribution in [0.3, 0.4) is 0 Å². The van der Waals surface area contributed by atoms with Gasteiger partial charge in [-0.3, -0.25) is 0 Å². The fourth-order valence-corrected chi connectivity index (χ4v) is 2.96. The lowest BCUT2D eigenvalue weighted by Gasteiger charge is -2.13. The van der Waals surface area contributed by atoms with Crippen molar-refractivity contribution in [3.05, 3.63) is 63.1 Å². The average molecular weight is 411 g/mol. The number of hydrogen-bond donors (Lipinski definition) is 3. The Morgan fingerprint density at radius 3 is 2.42 bits per heavy atom. The molecule has 0 bridgehead atoms. The van der Waals surface area contributed by atoms with Gasteiger partial charge >= 0.3 is 11.9 Å². The first-order valence-electron chi connectivity index (χ1n) is 7.04. The van der Waals surface area contributed by atoms with Crippen molar-refractivity contribution in [2.75, 3.05) is 5.75 Å². The van der Waals surface area contributed by atoms with E-state index in [1.807, 2.05) is 0 Å². The fraction of sp³-hybridized carbons (Fsp3) is 0.176. The lowest BCUT2D eigenvalue weighted by atomic mass is 10.0. The third-order valence-corrected chi connectivity index (χ3v) is 4.35. The van der Waals surface area contributed by atoms with Gasteiger partial charge in [-0.15, -0.1) is 0 Å². The summed E-state index contributed by atoms with van der Waals surface area (Å²) in [6.45, 7) is 0.116. The van der Waals surface area contributed by atoms with Gasteiger partial charge in [0.15, 0.2) is 0 Å². The minimum Gasteiger partial charge on any atom is -0.488 e. The molecule has 0 spiro atoms. The van der Waals surface area contributed by atoms with Crippen molar-refractivity contribution < 1.29 is 24.5 Å². The number of thiol groups is 1. The van der Waals surface area contributed by atoms with Crippen molar-refractivity contribution in [2.24, 2.45) is 0 Å². The second-order valence-electron chi connectivity index (χ2n) is 4.97. The molecule has 0 saturated heterocycles. The Hall–Kier alpha value is -1.99. The van der Waals surface area contributed by atoms with E-state index < -0.39 is 11.9 Å². The van der Waals surface area contributed by atoms with Crippen molar-refractivity contribution in [2.45, 2.75) is 13.0 Å². The van der Waals surface area contributed by atoms with Gasteiger partial charge in [-0.1, -0.05) is 34.1 Å². The lowest BCUT2D eigenvalue weighted by Crippen LogP contribution is -2.08. The monoisotopic (exact) mass is 410 g/mol. The maximum atomic E-state index is 11.5. The lowest BCUT2D eigenvalue weighted by molar-refractivity contribution is 0.0681. The zero-order valence-corrected chi connectivity index (χ0v) is 15.0. The number of halogens is 1. The number of aromatic carboxylic acids is 2. The van der Waals surface area contributed by atoms with Crippen molar-refractivity contribution >= 4 is 40.5 Å². The zero-order chi connectivity index (χ0) is 17.7. The minimum atomic E-state index is -1.05. The van der Waals surface area contributed by atoms with Gasteiger partial charge in [-0.25, -0.2) is 9.59 Å². The fourth-order valence-electron chi connectivity index (χ4n) is 2.22. The Kier molecular flexibility index (Phi) is 6.28. The number of carboxylic acid groups (broad SMARTS) is 2. The van der Waals surface area contributed by atoms with E-state index in [4.69, 9.17) is 9.84 Å². The molecule has 0 aliphatic carbocycles. The smallest absolute Gasteiger partial charge is 0.339 e. The molecule has 0 saturated carbocycles. The number of carboxylic acids is 2. The molecule has 0 fully saturated rings. The highest BCUT2D eigenvalue weighted by Crippen LogP contribution is 2.26. The summed E-state index contributed by atoms with van der Waals surface area (Å²) in [6, 6.07) is 9.67. The first kappa shape index (κ1) is 18.4. The van der Waals surface area contributed by atoms with Crippen LogP contribution in [0.2, 0.25) is 0 Å². The van der Waals surface area contributed by atoms with Crippen molar-refractivity contribution in [1.29, 1.82) is 0 Å². The molecule has 2 aromatic carbocycles. The molecular weight excluding hydrogens is 396 g/mol. The van der Waals surface area contributed by atoms with E-state index in [0.717, 1.165) is 5.56 Å². The maximum Gasteiger partial charge on any atom is 0.339 e. The van der Waals surface area contributed by atoms with Crippen LogP contribution in [0.15, 0.2) is 40.9 Å². The van der Waals surface area contributed by atoms with E-state index in [9.17, 15) is 14.7 Å². The van der Waals surface area contributed by atoms with Crippen LogP contribution in [0.1, 0.15) is 31.8 Å². The number of carbonyl (C=O) groups is 2. The summed E-state index contributed by atoms with van der Waals surface area (Å²) in [4.78, 5) is 22.5. The van der Waals surface area contributed by atoms with E-state index >= 15 is 0 Å². The molecule has 0 atom stereocenters. The molecule has 0 aromatic heterocycles. The molecule has 5 nitrogen and oxygen atoms in total. The van der Waals surface area contributed by atoms with Crippen molar-refractivity contribution in [3.63, 3.8) is 0 Å². The molecule has 0 aliphatic heterocycles. The van der Waals surface area contributed by atoms with Crippen molar-refractivity contribution in [3.8, 4) is 5.75 Å². The summed E-state index contributed by atoms with van der Waals surface area (Å²) in [6.07, 6.45) is 0.527. The molecule has 126 valence electrons. The van der Waals surface area contributed by atoms with E-state index in [0.29, 0.717) is 22.2 Å². The normalized spacial score (nSPS) is 10.4. The van der Waals surface area contributed by atoms with Gasteiger partial charge in [-0.2, -0.15) is 12.6 Å². The van der Waals surface area contributed by atoms with E-state index in [1.165, 1.54) is 12.1 Å². The van der Waals surface area contributed by atoms with E-state index in [1.54, 1.807) is 24.3 Å². The molecule has 0 radical (unpaired) electrons. The predicted octanol–water partition coefficient (Wildman–Crippen LogP) is 3.90. The largest absolute Gasteiger partial charge is 0.488 e. The zero-order valence-electron chi connectivity index (χ0n) is 12.5. The van der Waals surface area contributed by atoms with Crippen LogP contribution in [0.4, 0.5) is 0 Å². The Bertz CT molecular complexity index is 776. The van der Waals surface area contributed by atoms with Gasteiger partial charge in [0.25, 0.3) is 0 Å². The van der Waals surface area contributed by atoms with Crippen LogP contribution in [0.25, 0.3) is 0 Å². The van der Waals surface area contributed by atoms with Crippen LogP contribution in [-0.4, -0.2) is 27.9 Å². The third-order valence-electron chi connectivity index (χ3n) is 3.39. The highest BCUT2D eigenvalue weighted by Gasteiger charge is 2.17. The number of ether oxygens (including phenoxy) is 1. The summed E-state index contributed by atoms with van der Waals surface area (Å²) >= 11 is 7.45. The minimum absolute atomic E-state index is 0.116. The van der Waals surface area contributed by atoms with Crippen LogP contribution < -0.4 is 4.74 Å². The molecule has 0 unspecified atom stereocenters. The molecule has 24 heavy (non-hydrogen) atoms. The molecule has 2 aromatic rings. The summed E-state index contributed by atoms with van der Waals surface area (Å²) in [7, 11) is 0. The van der Waals surface area contributed by atoms with Gasteiger partial charge in [0.1, 0.15) is 17.9 Å². The molecule has 2 rings (SSSR count). The third kappa shape index (κ3) is 4.30. The number of hydrogen-bond acceptors (Lipinski definition) is 4. The number of aryl methyl sites for hydroxylation is 1. The first-order valence-corrected chi connectivity index (χ1v) is 8.47. The number of rotatable bonds is 7. The second-order valence-corrected chi connectivity index (χ2v) is 6.27. The average Bonchev–Trinajstić information content (AvgIpc) is 2.53. The Labute approximate surface area is 152 Å². The molecule has 0 amide bonds. The van der Waals surface area contributed by atoms with Crippen LogP contribution in [-0.2, 0) is 13.0 Å². The molecule has 2 N–H and O–H groups in total. The van der Waals surface area contributed by atoms with Crippen molar-refractivity contribution in [1.82, 2.24) is 0 Å². The molecule has 0 heterocycles. The van der Waals surface area contributed by atoms with E-state index in [2.05, 4.69) is 28.6 Å². The quantitative estimate of drug-likeness (QED) is 0.602. The van der Waals surface area contributed by atoms with Gasteiger partial charge < -0.3 is 14.9 Å². The first-order chi connectivity index (χ1) is 11.4. The van der Waals surface area contributed by atoms with Crippen LogP contribution in [0, 0.1) is 0 Å². The maximum absolute atomic E-state index is 11.5. The Morgan fingerprint density at radius 1 is 1.08 bits per heavy atom. The van der Waals surface area contributed by atoms with Gasteiger partial charge in [-0.05, 0) is 35.9 Å². The van der Waals surface area contributed by atoms with Gasteiger partial charge in [0.05, 0.1) is 5.56 Å². The Morgan fingerprint density at radius 2 is 1.83 bits per heavy atom. The summed E-state index contributed by atoms with van der Waals surface area (Å²) in [5.41, 5.74) is 1.67. The second kappa shape index (κ2) is 8.21. The molecular formula is C17H15BrO5S. The summed E-state index contributed by atoms with van der Waals surface area (Å²) in [5, 5.41) is 18.4. The summed E-state index contributed by atoms with van der Waals surface area (Å²) < 4.78 is 6.26. The SMILES string of the molecule is O=C(O)c1ccc(COc2cccc(CCS)c2C(=O)O)c(Br)c1. The van der Waals surface area contributed by atoms with Crippen LogP contribution >= 0.6 is 28.6 Å². The molecule has 7 heteroatoms. The standard InChI is InChI=1S/C17H15BrO5S/c18-13-8-11(16(19)20)4-5-12(13)9-23-14-3-1-2-10(6-7-24)15(14)17(21)22/h1-5,8,24H,6-7,9H2,(H,19,20)(H,21,22). The summed E-state index contributed by atoms with van der Waals surface area (Å²) in [5.74, 6) is -1.26. The van der Waals surface area contributed by atoms with Crippen LogP contribution in [0.5, 0.6) is 5.75 Å².